The summed E-state index contributed by atoms with van der Waals surface area (Å²) in [4.78, 5) is 5.09. The van der Waals surface area contributed by atoms with Crippen LogP contribution in [0.15, 0.2) is 30.3 Å². The molecular weight excluding hydrogens is 240 g/mol. The third kappa shape index (κ3) is 2.16. The van der Waals surface area contributed by atoms with Crippen molar-refractivity contribution in [2.24, 2.45) is 0 Å². The second kappa shape index (κ2) is 4.75. The Hall–Kier alpha value is -1.32. The normalized spacial score (nSPS) is 14.3. The van der Waals surface area contributed by atoms with Crippen LogP contribution in [0.3, 0.4) is 0 Å². The van der Waals surface area contributed by atoms with Crippen LogP contribution in [0.25, 0.3) is 10.4 Å². The maximum absolute atomic E-state index is 3.43. The summed E-state index contributed by atoms with van der Waals surface area (Å²) in [6.45, 7) is 2.15. The van der Waals surface area contributed by atoms with Crippen LogP contribution in [0.4, 0.5) is 5.69 Å². The van der Waals surface area contributed by atoms with Gasteiger partial charge in [0.05, 0.1) is 0 Å². The molecule has 0 amide bonds. The SMILES string of the molecule is CN(C)c1ccc(-c2cc3c(s2)CCNC3)cc1. The van der Waals surface area contributed by atoms with E-state index in [2.05, 4.69) is 54.6 Å². The van der Waals surface area contributed by atoms with E-state index >= 15 is 0 Å². The molecule has 2 nitrogen and oxygen atoms in total. The van der Waals surface area contributed by atoms with Gasteiger partial charge < -0.3 is 10.2 Å². The first-order chi connectivity index (χ1) is 8.74. The summed E-state index contributed by atoms with van der Waals surface area (Å²) in [6, 6.07) is 11.2. The quantitative estimate of drug-likeness (QED) is 0.890. The van der Waals surface area contributed by atoms with Gasteiger partial charge in [-0.1, -0.05) is 12.1 Å². The van der Waals surface area contributed by atoms with Crippen LogP contribution < -0.4 is 10.2 Å². The zero-order valence-corrected chi connectivity index (χ0v) is 11.7. The van der Waals surface area contributed by atoms with Crippen LogP contribution >= 0.6 is 11.3 Å². The molecule has 3 rings (SSSR count). The summed E-state index contributed by atoms with van der Waals surface area (Å²) in [5.74, 6) is 0. The summed E-state index contributed by atoms with van der Waals surface area (Å²) >= 11 is 1.95. The van der Waals surface area contributed by atoms with Gasteiger partial charge in [-0.2, -0.15) is 0 Å². The van der Waals surface area contributed by atoms with Crippen molar-refractivity contribution in [3.63, 3.8) is 0 Å². The van der Waals surface area contributed by atoms with Crippen molar-refractivity contribution in [1.82, 2.24) is 5.32 Å². The lowest BCUT2D eigenvalue weighted by Crippen LogP contribution is -2.21. The van der Waals surface area contributed by atoms with Gasteiger partial charge >= 0.3 is 0 Å². The Balaban J connectivity index is 1.92. The van der Waals surface area contributed by atoms with Gasteiger partial charge in [-0.25, -0.2) is 0 Å². The van der Waals surface area contributed by atoms with Crippen LogP contribution in [-0.2, 0) is 13.0 Å². The molecule has 0 radical (unpaired) electrons. The molecule has 18 heavy (non-hydrogen) atoms. The molecule has 0 atom stereocenters. The molecule has 1 aliphatic heterocycles. The highest BCUT2D eigenvalue weighted by Gasteiger charge is 2.13. The van der Waals surface area contributed by atoms with Crippen LogP contribution in [0, 0.1) is 0 Å². The van der Waals surface area contributed by atoms with Gasteiger partial charge in [0, 0.05) is 42.6 Å². The number of benzene rings is 1. The summed E-state index contributed by atoms with van der Waals surface area (Å²) < 4.78 is 0. The fourth-order valence-electron chi connectivity index (χ4n) is 2.32. The second-order valence-corrected chi connectivity index (χ2v) is 6.06. The van der Waals surface area contributed by atoms with E-state index in [-0.39, 0.29) is 0 Å². The molecule has 94 valence electrons. The lowest BCUT2D eigenvalue weighted by Gasteiger charge is -2.12. The first kappa shape index (κ1) is 11.8. The Bertz CT molecular complexity index is 517. The van der Waals surface area contributed by atoms with Crippen molar-refractivity contribution in [2.45, 2.75) is 13.0 Å². The number of fused-ring (bicyclic) bond motifs is 1. The van der Waals surface area contributed by atoms with E-state index in [0.29, 0.717) is 0 Å². The minimum absolute atomic E-state index is 1.03. The van der Waals surface area contributed by atoms with Gasteiger partial charge in [0.25, 0.3) is 0 Å². The number of nitrogens with zero attached hydrogens (tertiary/aromatic N) is 1. The van der Waals surface area contributed by atoms with Gasteiger partial charge in [0.2, 0.25) is 0 Å². The van der Waals surface area contributed by atoms with Crippen molar-refractivity contribution in [3.05, 3.63) is 40.8 Å². The molecule has 3 heteroatoms. The number of anilines is 1. The fraction of sp³-hybridized carbons (Fsp3) is 0.333. The largest absolute Gasteiger partial charge is 0.378 e. The highest BCUT2D eigenvalue weighted by molar-refractivity contribution is 7.15. The Morgan fingerprint density at radius 1 is 1.17 bits per heavy atom. The van der Waals surface area contributed by atoms with E-state index in [1.165, 1.54) is 28.1 Å². The maximum atomic E-state index is 3.43. The standard InChI is InChI=1S/C15H18N2S/c1-17(2)13-5-3-11(4-6-13)15-9-12-10-16-8-7-14(12)18-15/h3-6,9,16H,7-8,10H2,1-2H3. The third-order valence-corrected chi connectivity index (χ3v) is 4.70. The number of hydrogen-bond acceptors (Lipinski definition) is 3. The van der Waals surface area contributed by atoms with E-state index in [4.69, 9.17) is 0 Å². The predicted octanol–water partition coefficient (Wildman–Crippen LogP) is 3.13. The molecule has 0 saturated carbocycles. The summed E-state index contributed by atoms with van der Waals surface area (Å²) in [7, 11) is 4.15. The Morgan fingerprint density at radius 3 is 2.61 bits per heavy atom. The zero-order chi connectivity index (χ0) is 12.5. The molecule has 2 aromatic rings. The molecule has 1 aromatic heterocycles. The third-order valence-electron chi connectivity index (χ3n) is 3.41. The average Bonchev–Trinajstić information content (AvgIpc) is 2.82. The molecular formula is C15H18N2S. The van der Waals surface area contributed by atoms with Gasteiger partial charge in [-0.3, -0.25) is 0 Å². The highest BCUT2D eigenvalue weighted by atomic mass is 32.1. The van der Waals surface area contributed by atoms with E-state index < -0.39 is 0 Å². The Kier molecular flexibility index (Phi) is 3.10. The minimum Gasteiger partial charge on any atom is -0.378 e. The van der Waals surface area contributed by atoms with Crippen LogP contribution in [0.2, 0.25) is 0 Å². The molecule has 0 fully saturated rings. The molecule has 0 bridgehead atoms. The van der Waals surface area contributed by atoms with Crippen LogP contribution in [-0.4, -0.2) is 20.6 Å². The van der Waals surface area contributed by atoms with Gasteiger partial charge in [0.1, 0.15) is 0 Å². The molecule has 0 aliphatic carbocycles. The maximum Gasteiger partial charge on any atom is 0.0361 e. The zero-order valence-electron chi connectivity index (χ0n) is 10.9. The molecule has 2 heterocycles. The summed E-state index contributed by atoms with van der Waals surface area (Å²) in [5, 5.41) is 3.43. The van der Waals surface area contributed by atoms with Crippen molar-refractivity contribution in [3.8, 4) is 10.4 Å². The molecule has 0 spiro atoms. The number of hydrogen-bond donors (Lipinski definition) is 1. The van der Waals surface area contributed by atoms with Crippen LogP contribution in [0.5, 0.6) is 0 Å². The monoisotopic (exact) mass is 258 g/mol. The highest BCUT2D eigenvalue weighted by Crippen LogP contribution is 2.33. The van der Waals surface area contributed by atoms with Gasteiger partial charge in [-0.15, -0.1) is 11.3 Å². The van der Waals surface area contributed by atoms with Crippen LogP contribution in [0.1, 0.15) is 10.4 Å². The average molecular weight is 258 g/mol. The fourth-order valence-corrected chi connectivity index (χ4v) is 3.51. The number of rotatable bonds is 2. The van der Waals surface area contributed by atoms with Gasteiger partial charge in [-0.05, 0) is 35.7 Å². The van der Waals surface area contributed by atoms with Crippen molar-refractivity contribution in [1.29, 1.82) is 0 Å². The van der Waals surface area contributed by atoms with Crippen molar-refractivity contribution >= 4 is 17.0 Å². The second-order valence-electron chi connectivity index (χ2n) is 4.93. The number of thiophene rings is 1. The molecule has 0 saturated heterocycles. The molecule has 0 unspecified atom stereocenters. The van der Waals surface area contributed by atoms with E-state index in [1.54, 1.807) is 4.88 Å². The Labute approximate surface area is 112 Å². The van der Waals surface area contributed by atoms with Gasteiger partial charge in [0.15, 0.2) is 0 Å². The predicted molar refractivity (Wildman–Crippen MR) is 79.5 cm³/mol. The van der Waals surface area contributed by atoms with E-state index in [1.807, 2.05) is 11.3 Å². The molecule has 1 N–H and O–H groups in total. The van der Waals surface area contributed by atoms with E-state index in [0.717, 1.165) is 13.1 Å². The molecule has 1 aromatic carbocycles. The lowest BCUT2D eigenvalue weighted by molar-refractivity contribution is 0.653. The number of nitrogens with one attached hydrogen (secondary N) is 1. The lowest BCUT2D eigenvalue weighted by atomic mass is 10.1. The summed E-state index contributed by atoms with van der Waals surface area (Å²) in [5.41, 5.74) is 4.07. The first-order valence-electron chi connectivity index (χ1n) is 6.34. The Morgan fingerprint density at radius 2 is 1.94 bits per heavy atom. The first-order valence-corrected chi connectivity index (χ1v) is 7.16. The van der Waals surface area contributed by atoms with Crippen molar-refractivity contribution < 1.29 is 0 Å². The summed E-state index contributed by atoms with van der Waals surface area (Å²) in [6.07, 6.45) is 1.18. The van der Waals surface area contributed by atoms with Crippen molar-refractivity contribution in [2.75, 3.05) is 25.5 Å². The van der Waals surface area contributed by atoms with E-state index in [9.17, 15) is 0 Å². The molecule has 1 aliphatic rings. The smallest absolute Gasteiger partial charge is 0.0361 e. The minimum atomic E-state index is 1.03. The topological polar surface area (TPSA) is 15.3 Å².